The Balaban J connectivity index is 2.03. The quantitative estimate of drug-likeness (QED) is 0.610. The van der Waals surface area contributed by atoms with Gasteiger partial charge in [0.05, 0.1) is 0 Å². The average molecular weight is 182 g/mol. The number of hydrogen-bond acceptors (Lipinski definition) is 2. The summed E-state index contributed by atoms with van der Waals surface area (Å²) in [4.78, 5) is 2.70. The van der Waals surface area contributed by atoms with E-state index in [1.807, 2.05) is 0 Å². The Labute approximate surface area is 81.7 Å². The summed E-state index contributed by atoms with van der Waals surface area (Å²) < 4.78 is 0. The van der Waals surface area contributed by atoms with Crippen LogP contribution in [0.1, 0.15) is 33.1 Å². The van der Waals surface area contributed by atoms with Crippen LogP contribution in [-0.2, 0) is 0 Å². The highest BCUT2D eigenvalue weighted by Gasteiger charge is 2.31. The zero-order valence-electron chi connectivity index (χ0n) is 8.97. The molecular formula is C11H22N2. The molecule has 2 heteroatoms. The highest BCUT2D eigenvalue weighted by molar-refractivity contribution is 4.88. The number of nitrogens with zero attached hydrogens (tertiary/aromatic N) is 1. The summed E-state index contributed by atoms with van der Waals surface area (Å²) >= 11 is 0. The largest absolute Gasteiger partial charge is 0.315 e. The topological polar surface area (TPSA) is 15.3 Å². The lowest BCUT2D eigenvalue weighted by Crippen LogP contribution is -2.44. The van der Waals surface area contributed by atoms with Crippen molar-refractivity contribution in [1.82, 2.24) is 10.2 Å². The van der Waals surface area contributed by atoms with Crippen LogP contribution in [0.4, 0.5) is 0 Å². The molecule has 1 atom stereocenters. The van der Waals surface area contributed by atoms with Crippen LogP contribution in [0.15, 0.2) is 0 Å². The maximum absolute atomic E-state index is 3.60. The van der Waals surface area contributed by atoms with Crippen molar-refractivity contribution in [2.24, 2.45) is 5.41 Å². The van der Waals surface area contributed by atoms with E-state index in [0.717, 1.165) is 6.04 Å². The minimum absolute atomic E-state index is 0.464. The predicted molar refractivity (Wildman–Crippen MR) is 55.9 cm³/mol. The van der Waals surface area contributed by atoms with E-state index in [4.69, 9.17) is 0 Å². The summed E-state index contributed by atoms with van der Waals surface area (Å²) in [5.74, 6) is 0. The Hall–Kier alpha value is -0.0800. The smallest absolute Gasteiger partial charge is 0.0220 e. The molecule has 1 unspecified atom stereocenters. The van der Waals surface area contributed by atoms with E-state index < -0.39 is 0 Å². The Morgan fingerprint density at radius 2 is 2.15 bits per heavy atom. The highest BCUT2D eigenvalue weighted by Crippen LogP contribution is 2.25. The molecule has 0 amide bonds. The van der Waals surface area contributed by atoms with Crippen LogP contribution in [0.5, 0.6) is 0 Å². The molecule has 13 heavy (non-hydrogen) atoms. The van der Waals surface area contributed by atoms with Gasteiger partial charge in [-0.1, -0.05) is 20.3 Å². The van der Waals surface area contributed by atoms with Crippen LogP contribution in [0.2, 0.25) is 0 Å². The summed E-state index contributed by atoms with van der Waals surface area (Å²) in [6.45, 7) is 9.75. The van der Waals surface area contributed by atoms with E-state index in [-0.39, 0.29) is 0 Å². The fraction of sp³-hybridized carbons (Fsp3) is 1.00. The first kappa shape index (κ1) is 9.47. The molecule has 76 valence electrons. The lowest BCUT2D eigenvalue weighted by Gasteiger charge is -2.37. The lowest BCUT2D eigenvalue weighted by atomic mass is 9.92. The Morgan fingerprint density at radius 3 is 3.00 bits per heavy atom. The fourth-order valence-electron chi connectivity index (χ4n) is 2.68. The molecule has 2 aliphatic rings. The molecule has 2 saturated heterocycles. The molecule has 0 aliphatic carbocycles. The van der Waals surface area contributed by atoms with Gasteiger partial charge in [-0.15, -0.1) is 0 Å². The van der Waals surface area contributed by atoms with Crippen molar-refractivity contribution < 1.29 is 0 Å². The van der Waals surface area contributed by atoms with Gasteiger partial charge in [-0.3, -0.25) is 4.90 Å². The van der Waals surface area contributed by atoms with Crippen molar-refractivity contribution in [3.8, 4) is 0 Å². The van der Waals surface area contributed by atoms with Gasteiger partial charge in [0.2, 0.25) is 0 Å². The molecule has 2 rings (SSSR count). The van der Waals surface area contributed by atoms with Crippen LogP contribution in [0.3, 0.4) is 0 Å². The van der Waals surface area contributed by atoms with Crippen LogP contribution in [0, 0.1) is 5.41 Å². The molecule has 2 nitrogen and oxygen atoms in total. The lowest BCUT2D eigenvalue weighted by molar-refractivity contribution is 0.122. The number of hydrogen-bond donors (Lipinski definition) is 1. The molecule has 2 fully saturated rings. The van der Waals surface area contributed by atoms with Crippen molar-refractivity contribution >= 4 is 0 Å². The molecule has 2 heterocycles. The fourth-order valence-corrected chi connectivity index (χ4v) is 2.68. The van der Waals surface area contributed by atoms with Crippen molar-refractivity contribution in [1.29, 1.82) is 0 Å². The number of fused-ring (bicyclic) bond motifs is 1. The van der Waals surface area contributed by atoms with Crippen LogP contribution < -0.4 is 5.32 Å². The van der Waals surface area contributed by atoms with Gasteiger partial charge in [0.15, 0.2) is 0 Å². The van der Waals surface area contributed by atoms with Crippen LogP contribution in [-0.4, -0.2) is 37.1 Å². The van der Waals surface area contributed by atoms with E-state index in [9.17, 15) is 0 Å². The summed E-state index contributed by atoms with van der Waals surface area (Å²) in [5.41, 5.74) is 0.464. The Kier molecular flexibility index (Phi) is 2.61. The van der Waals surface area contributed by atoms with Crippen molar-refractivity contribution in [3.05, 3.63) is 0 Å². The highest BCUT2D eigenvalue weighted by atomic mass is 15.2. The standard InChI is InChI=1S/C11H22N2/c1-11(2)8-12-7-10-5-3-4-6-13(10)9-11/h10,12H,3-9H2,1-2H3. The second kappa shape index (κ2) is 3.58. The number of rotatable bonds is 0. The normalized spacial score (nSPS) is 35.1. The van der Waals surface area contributed by atoms with Gasteiger partial charge in [-0.2, -0.15) is 0 Å². The van der Waals surface area contributed by atoms with E-state index in [2.05, 4.69) is 24.1 Å². The van der Waals surface area contributed by atoms with Crippen molar-refractivity contribution in [2.75, 3.05) is 26.2 Å². The molecular weight excluding hydrogens is 160 g/mol. The SMILES string of the molecule is CC1(C)CNCC2CCCCN2C1. The molecule has 0 aromatic heterocycles. The molecule has 0 radical (unpaired) electrons. The molecule has 0 aromatic rings. The molecule has 0 spiro atoms. The van der Waals surface area contributed by atoms with Gasteiger partial charge >= 0.3 is 0 Å². The zero-order valence-corrected chi connectivity index (χ0v) is 8.97. The second-order valence-corrected chi connectivity index (χ2v) is 5.42. The van der Waals surface area contributed by atoms with Crippen molar-refractivity contribution in [2.45, 2.75) is 39.2 Å². The maximum Gasteiger partial charge on any atom is 0.0220 e. The minimum atomic E-state index is 0.464. The summed E-state index contributed by atoms with van der Waals surface area (Å²) in [5, 5.41) is 3.60. The Morgan fingerprint density at radius 1 is 1.31 bits per heavy atom. The summed E-state index contributed by atoms with van der Waals surface area (Å²) in [7, 11) is 0. The molecule has 0 aromatic carbocycles. The average Bonchev–Trinajstić information content (AvgIpc) is 2.21. The number of piperidine rings is 1. The first-order valence-electron chi connectivity index (χ1n) is 5.62. The molecule has 0 saturated carbocycles. The predicted octanol–water partition coefficient (Wildman–Crippen LogP) is 1.47. The van der Waals surface area contributed by atoms with Crippen LogP contribution >= 0.6 is 0 Å². The van der Waals surface area contributed by atoms with E-state index in [0.29, 0.717) is 5.41 Å². The maximum atomic E-state index is 3.60. The third-order valence-electron chi connectivity index (χ3n) is 3.36. The first-order valence-corrected chi connectivity index (χ1v) is 5.62. The molecule has 0 bridgehead atoms. The van der Waals surface area contributed by atoms with Gasteiger partial charge in [0.1, 0.15) is 0 Å². The van der Waals surface area contributed by atoms with Gasteiger partial charge in [-0.25, -0.2) is 0 Å². The number of nitrogens with one attached hydrogen (secondary N) is 1. The van der Waals surface area contributed by atoms with Crippen molar-refractivity contribution in [3.63, 3.8) is 0 Å². The molecule has 1 N–H and O–H groups in total. The summed E-state index contributed by atoms with van der Waals surface area (Å²) in [6, 6.07) is 0.829. The van der Waals surface area contributed by atoms with E-state index in [1.54, 1.807) is 0 Å². The monoisotopic (exact) mass is 182 g/mol. The van der Waals surface area contributed by atoms with E-state index >= 15 is 0 Å². The van der Waals surface area contributed by atoms with Crippen LogP contribution in [0.25, 0.3) is 0 Å². The third-order valence-corrected chi connectivity index (χ3v) is 3.36. The minimum Gasteiger partial charge on any atom is -0.315 e. The van der Waals surface area contributed by atoms with Gasteiger partial charge in [0, 0.05) is 25.7 Å². The van der Waals surface area contributed by atoms with E-state index in [1.165, 1.54) is 45.4 Å². The van der Waals surface area contributed by atoms with Gasteiger partial charge in [0.25, 0.3) is 0 Å². The zero-order chi connectivity index (χ0) is 9.31. The van der Waals surface area contributed by atoms with Gasteiger partial charge < -0.3 is 5.32 Å². The molecule has 2 aliphatic heterocycles. The second-order valence-electron chi connectivity index (χ2n) is 5.42. The van der Waals surface area contributed by atoms with Gasteiger partial charge in [-0.05, 0) is 24.8 Å². The summed E-state index contributed by atoms with van der Waals surface area (Å²) in [6.07, 6.45) is 4.25. The first-order chi connectivity index (χ1) is 6.17. The third kappa shape index (κ3) is 2.23. The Bertz CT molecular complexity index is 177.